The minimum absolute atomic E-state index is 0.445. The van der Waals surface area contributed by atoms with Gasteiger partial charge in [0.1, 0.15) is 0 Å². The molecule has 1 aromatic rings. The third kappa shape index (κ3) is 3.32. The van der Waals surface area contributed by atoms with Crippen LogP contribution in [0.3, 0.4) is 0 Å². The van der Waals surface area contributed by atoms with E-state index in [1.165, 1.54) is 31.4 Å². The molecule has 21 heavy (non-hydrogen) atoms. The molecule has 4 nitrogen and oxygen atoms in total. The zero-order valence-corrected chi connectivity index (χ0v) is 13.7. The molecule has 0 aromatic carbocycles. The van der Waals surface area contributed by atoms with Crippen molar-refractivity contribution >= 4 is 0 Å². The highest BCUT2D eigenvalue weighted by atomic mass is 16.5. The Hall–Kier alpha value is -0.870. The molecular formula is C17H29N3O. The van der Waals surface area contributed by atoms with Crippen molar-refractivity contribution < 1.29 is 4.74 Å². The van der Waals surface area contributed by atoms with Crippen LogP contribution < -0.4 is 5.32 Å². The van der Waals surface area contributed by atoms with E-state index < -0.39 is 0 Å². The third-order valence-corrected chi connectivity index (χ3v) is 5.28. The molecule has 1 aromatic heterocycles. The molecule has 2 atom stereocenters. The van der Waals surface area contributed by atoms with Crippen molar-refractivity contribution in [3.05, 3.63) is 17.5 Å². The average Bonchev–Trinajstić information content (AvgIpc) is 2.92. The third-order valence-electron chi connectivity index (χ3n) is 5.28. The molecule has 2 aliphatic rings. The zero-order valence-electron chi connectivity index (χ0n) is 13.7. The van der Waals surface area contributed by atoms with E-state index in [9.17, 15) is 0 Å². The highest BCUT2D eigenvalue weighted by Gasteiger charge is 2.53. The fourth-order valence-corrected chi connectivity index (χ4v) is 4.28. The molecule has 0 radical (unpaired) electrons. The molecule has 2 aliphatic carbocycles. The molecule has 4 heteroatoms. The van der Waals surface area contributed by atoms with Crippen molar-refractivity contribution in [2.24, 2.45) is 17.3 Å². The summed E-state index contributed by atoms with van der Waals surface area (Å²) in [5.41, 5.74) is 3.02. The Kier molecular flexibility index (Phi) is 4.36. The molecular weight excluding hydrogens is 262 g/mol. The van der Waals surface area contributed by atoms with Crippen molar-refractivity contribution in [3.8, 4) is 0 Å². The molecule has 0 bridgehead atoms. The molecule has 0 saturated heterocycles. The minimum Gasteiger partial charge on any atom is -0.383 e. The van der Waals surface area contributed by atoms with Crippen molar-refractivity contribution in [2.75, 3.05) is 26.8 Å². The van der Waals surface area contributed by atoms with Crippen LogP contribution in [0.2, 0.25) is 0 Å². The van der Waals surface area contributed by atoms with Gasteiger partial charge in [0.15, 0.2) is 0 Å². The monoisotopic (exact) mass is 291 g/mol. The predicted octanol–water partition coefficient (Wildman–Crippen LogP) is 2.41. The van der Waals surface area contributed by atoms with Gasteiger partial charge in [-0.1, -0.05) is 0 Å². The van der Waals surface area contributed by atoms with Gasteiger partial charge in [0.2, 0.25) is 0 Å². The maximum absolute atomic E-state index is 5.15. The number of rotatable bonds is 8. The maximum atomic E-state index is 5.15. The van der Waals surface area contributed by atoms with E-state index in [1.54, 1.807) is 7.11 Å². The number of fused-ring (bicyclic) bond motifs is 1. The second kappa shape index (κ2) is 6.09. The topological polar surface area (TPSA) is 39.1 Å². The first-order valence-corrected chi connectivity index (χ1v) is 8.39. The van der Waals surface area contributed by atoms with Crippen LogP contribution in [0.15, 0.2) is 6.07 Å². The Morgan fingerprint density at radius 3 is 2.86 bits per heavy atom. The van der Waals surface area contributed by atoms with Gasteiger partial charge in [-0.05, 0) is 62.8 Å². The van der Waals surface area contributed by atoms with Gasteiger partial charge in [0.25, 0.3) is 0 Å². The minimum atomic E-state index is 0.445. The summed E-state index contributed by atoms with van der Waals surface area (Å²) in [5, 5.41) is 8.24. The molecule has 0 spiro atoms. The molecule has 2 fully saturated rings. The lowest BCUT2D eigenvalue weighted by Crippen LogP contribution is -2.37. The first-order chi connectivity index (χ1) is 10.2. The fraction of sp³-hybridized carbons (Fsp3) is 0.824. The normalized spacial score (nSPS) is 30.6. The van der Waals surface area contributed by atoms with Gasteiger partial charge < -0.3 is 10.1 Å². The number of aryl methyl sites for hydroxylation is 2. The second-order valence-corrected chi connectivity index (χ2v) is 7.10. The first-order valence-electron chi connectivity index (χ1n) is 8.39. The van der Waals surface area contributed by atoms with Crippen molar-refractivity contribution in [2.45, 2.75) is 46.1 Å². The van der Waals surface area contributed by atoms with E-state index in [2.05, 4.69) is 35.0 Å². The highest BCUT2D eigenvalue weighted by Crippen LogP contribution is 2.60. The van der Waals surface area contributed by atoms with Crippen LogP contribution in [0.5, 0.6) is 0 Å². The van der Waals surface area contributed by atoms with Crippen molar-refractivity contribution in [1.29, 1.82) is 0 Å². The van der Waals surface area contributed by atoms with Gasteiger partial charge in [-0.3, -0.25) is 4.68 Å². The number of hydrogen-bond donors (Lipinski definition) is 1. The summed E-state index contributed by atoms with van der Waals surface area (Å²) >= 11 is 0. The van der Waals surface area contributed by atoms with Crippen molar-refractivity contribution in [3.63, 3.8) is 0 Å². The van der Waals surface area contributed by atoms with Crippen LogP contribution in [0.25, 0.3) is 0 Å². The van der Waals surface area contributed by atoms with Crippen LogP contribution in [0.4, 0.5) is 0 Å². The summed E-state index contributed by atoms with van der Waals surface area (Å²) in [6, 6.07) is 2.28. The highest BCUT2D eigenvalue weighted by molar-refractivity contribution is 5.15. The zero-order chi connectivity index (χ0) is 14.9. The summed E-state index contributed by atoms with van der Waals surface area (Å²) in [7, 11) is 1.77. The fourth-order valence-electron chi connectivity index (χ4n) is 4.28. The summed E-state index contributed by atoms with van der Waals surface area (Å²) < 4.78 is 7.34. The number of hydrogen-bond acceptors (Lipinski definition) is 3. The van der Waals surface area contributed by atoms with E-state index in [1.807, 2.05) is 0 Å². The van der Waals surface area contributed by atoms with Gasteiger partial charge >= 0.3 is 0 Å². The number of nitrogens with zero attached hydrogens (tertiary/aromatic N) is 2. The lowest BCUT2D eigenvalue weighted by atomic mass is 9.78. The van der Waals surface area contributed by atoms with Crippen LogP contribution >= 0.6 is 0 Å². The Bertz CT molecular complexity index is 472. The molecule has 0 amide bonds. The molecule has 1 heterocycles. The van der Waals surface area contributed by atoms with Gasteiger partial charge in [-0.15, -0.1) is 0 Å². The van der Waals surface area contributed by atoms with Crippen LogP contribution in [0, 0.1) is 24.2 Å². The standard InChI is InChI=1S/C17H29N3O/c1-4-20-16(7-13(2)19-20)11-17(12-18-5-6-21-3)9-14-8-15(14)10-17/h7,14-15,18H,4-6,8-12H2,1-3H3. The van der Waals surface area contributed by atoms with Gasteiger partial charge in [-0.25, -0.2) is 0 Å². The molecule has 118 valence electrons. The van der Waals surface area contributed by atoms with E-state index in [4.69, 9.17) is 4.74 Å². The Balaban J connectivity index is 1.67. The van der Waals surface area contributed by atoms with E-state index >= 15 is 0 Å². The van der Waals surface area contributed by atoms with Gasteiger partial charge in [0.05, 0.1) is 12.3 Å². The SMILES string of the molecule is CCn1nc(C)cc1CC1(CNCCOC)CC2CC2C1. The van der Waals surface area contributed by atoms with Crippen LogP contribution in [-0.2, 0) is 17.7 Å². The molecule has 1 N–H and O–H groups in total. The number of nitrogens with one attached hydrogen (secondary N) is 1. The molecule has 0 aliphatic heterocycles. The van der Waals surface area contributed by atoms with E-state index in [0.29, 0.717) is 5.41 Å². The molecule has 2 unspecified atom stereocenters. The Morgan fingerprint density at radius 2 is 2.19 bits per heavy atom. The number of ether oxygens (including phenoxy) is 1. The summed E-state index contributed by atoms with van der Waals surface area (Å²) in [6.45, 7) is 8.14. The molecule has 3 rings (SSSR count). The summed E-state index contributed by atoms with van der Waals surface area (Å²) in [5.74, 6) is 2.02. The van der Waals surface area contributed by atoms with Crippen molar-refractivity contribution in [1.82, 2.24) is 15.1 Å². The average molecular weight is 291 g/mol. The second-order valence-electron chi connectivity index (χ2n) is 7.10. The lowest BCUT2D eigenvalue weighted by molar-refractivity contribution is 0.185. The lowest BCUT2D eigenvalue weighted by Gasteiger charge is -2.31. The van der Waals surface area contributed by atoms with E-state index in [-0.39, 0.29) is 0 Å². The molecule has 2 saturated carbocycles. The first kappa shape index (κ1) is 15.0. The number of methoxy groups -OCH3 is 1. The van der Waals surface area contributed by atoms with E-state index in [0.717, 1.165) is 43.8 Å². The van der Waals surface area contributed by atoms with Gasteiger partial charge in [0, 0.05) is 32.4 Å². The largest absolute Gasteiger partial charge is 0.383 e. The Morgan fingerprint density at radius 1 is 1.43 bits per heavy atom. The number of aromatic nitrogens is 2. The quantitative estimate of drug-likeness (QED) is 0.748. The Labute approximate surface area is 128 Å². The maximum Gasteiger partial charge on any atom is 0.0596 e. The predicted molar refractivity (Wildman–Crippen MR) is 84.4 cm³/mol. The smallest absolute Gasteiger partial charge is 0.0596 e. The van der Waals surface area contributed by atoms with Gasteiger partial charge in [-0.2, -0.15) is 5.10 Å². The summed E-state index contributed by atoms with van der Waals surface area (Å²) in [4.78, 5) is 0. The summed E-state index contributed by atoms with van der Waals surface area (Å²) in [6.07, 6.45) is 5.44. The van der Waals surface area contributed by atoms with Crippen LogP contribution in [-0.4, -0.2) is 36.6 Å². The van der Waals surface area contributed by atoms with Crippen LogP contribution in [0.1, 0.15) is 37.6 Å².